The van der Waals surface area contributed by atoms with Crippen LogP contribution in [0.4, 0.5) is 0 Å². The number of fused-ring (bicyclic) bond motifs is 3. The third kappa shape index (κ3) is 2.07. The standard InChI is InChI=1S/C16H18O5/c1-2-15(17)21-16-11-5-14-13(19-8-20-14)4-9(11)3-10-6-18-7-12(10)16/h3-4,6,11-12,14,16H,2,5,7-8H2,1H3. The van der Waals surface area contributed by atoms with Gasteiger partial charge in [0.15, 0.2) is 6.79 Å². The SMILES string of the molecule is CCC(=O)OC1C2COC=C2C=C2C=C3OCOC3CC21. The molecule has 2 heterocycles. The first-order chi connectivity index (χ1) is 10.3. The Kier molecular flexibility index (Phi) is 3.03. The maximum Gasteiger partial charge on any atom is 0.305 e. The molecule has 112 valence electrons. The largest absolute Gasteiger partial charge is 0.500 e. The van der Waals surface area contributed by atoms with Gasteiger partial charge in [-0.25, -0.2) is 0 Å². The highest BCUT2D eigenvalue weighted by molar-refractivity contribution is 5.69. The first kappa shape index (κ1) is 13.0. The van der Waals surface area contributed by atoms with Crippen LogP contribution < -0.4 is 0 Å². The van der Waals surface area contributed by atoms with Crippen LogP contribution in [0.15, 0.2) is 35.3 Å². The smallest absolute Gasteiger partial charge is 0.305 e. The molecule has 21 heavy (non-hydrogen) atoms. The van der Waals surface area contributed by atoms with Crippen molar-refractivity contribution in [2.45, 2.75) is 32.0 Å². The van der Waals surface area contributed by atoms with Crippen LogP contribution >= 0.6 is 0 Å². The van der Waals surface area contributed by atoms with E-state index < -0.39 is 0 Å². The van der Waals surface area contributed by atoms with Crippen molar-refractivity contribution in [3.8, 4) is 0 Å². The highest BCUT2D eigenvalue weighted by Crippen LogP contribution is 2.45. The monoisotopic (exact) mass is 290 g/mol. The average Bonchev–Trinajstić information content (AvgIpc) is 3.12. The van der Waals surface area contributed by atoms with E-state index in [1.807, 2.05) is 13.0 Å². The van der Waals surface area contributed by atoms with Crippen molar-refractivity contribution in [1.29, 1.82) is 0 Å². The highest BCUT2D eigenvalue weighted by Gasteiger charge is 2.46. The summed E-state index contributed by atoms with van der Waals surface area (Å²) < 4.78 is 22.3. The lowest BCUT2D eigenvalue weighted by molar-refractivity contribution is -0.154. The summed E-state index contributed by atoms with van der Waals surface area (Å²) in [6, 6.07) is 0. The molecule has 0 bridgehead atoms. The van der Waals surface area contributed by atoms with E-state index in [9.17, 15) is 4.79 Å². The fourth-order valence-corrected chi connectivity index (χ4v) is 3.52. The Balaban J connectivity index is 1.69. The molecule has 1 saturated heterocycles. The number of ether oxygens (including phenoxy) is 4. The van der Waals surface area contributed by atoms with E-state index in [0.29, 0.717) is 19.8 Å². The van der Waals surface area contributed by atoms with Crippen molar-refractivity contribution in [2.75, 3.05) is 13.4 Å². The molecule has 0 amide bonds. The van der Waals surface area contributed by atoms with E-state index in [1.54, 1.807) is 6.26 Å². The normalized spacial score (nSPS) is 36.1. The summed E-state index contributed by atoms with van der Waals surface area (Å²) in [5.41, 5.74) is 2.25. The number of carbonyl (C=O) groups excluding carboxylic acids is 1. The Morgan fingerprint density at radius 2 is 2.24 bits per heavy atom. The molecule has 4 unspecified atom stereocenters. The second-order valence-corrected chi connectivity index (χ2v) is 5.82. The lowest BCUT2D eigenvalue weighted by Crippen LogP contribution is -2.42. The van der Waals surface area contributed by atoms with Crippen molar-refractivity contribution < 1.29 is 23.7 Å². The predicted octanol–water partition coefficient (Wildman–Crippen LogP) is 2.06. The molecule has 0 aromatic heterocycles. The third-order valence-electron chi connectivity index (χ3n) is 4.62. The zero-order valence-corrected chi connectivity index (χ0v) is 11.9. The molecular formula is C16H18O5. The summed E-state index contributed by atoms with van der Waals surface area (Å²) in [6.45, 7) is 2.71. The number of allylic oxidation sites excluding steroid dienone is 2. The Labute approximate surface area is 123 Å². The second-order valence-electron chi connectivity index (χ2n) is 5.82. The average molecular weight is 290 g/mol. The fraction of sp³-hybridized carbons (Fsp3) is 0.562. The van der Waals surface area contributed by atoms with E-state index in [1.165, 1.54) is 0 Å². The summed E-state index contributed by atoms with van der Waals surface area (Å²) in [7, 11) is 0. The molecule has 2 aliphatic carbocycles. The molecule has 4 rings (SSSR count). The van der Waals surface area contributed by atoms with Gasteiger partial charge in [0.1, 0.15) is 18.0 Å². The van der Waals surface area contributed by atoms with Crippen LogP contribution in [0, 0.1) is 11.8 Å². The number of hydrogen-bond donors (Lipinski definition) is 0. The molecule has 0 spiro atoms. The van der Waals surface area contributed by atoms with Crippen LogP contribution in [0.25, 0.3) is 0 Å². The number of esters is 1. The summed E-state index contributed by atoms with van der Waals surface area (Å²) in [5, 5.41) is 0. The summed E-state index contributed by atoms with van der Waals surface area (Å²) in [5.74, 6) is 1.01. The van der Waals surface area contributed by atoms with E-state index in [4.69, 9.17) is 18.9 Å². The molecule has 0 N–H and O–H groups in total. The van der Waals surface area contributed by atoms with Crippen molar-refractivity contribution in [2.24, 2.45) is 11.8 Å². The van der Waals surface area contributed by atoms with Gasteiger partial charge in [-0.3, -0.25) is 4.79 Å². The van der Waals surface area contributed by atoms with Crippen molar-refractivity contribution in [1.82, 2.24) is 0 Å². The van der Waals surface area contributed by atoms with Gasteiger partial charge in [0.2, 0.25) is 0 Å². The first-order valence-electron chi connectivity index (χ1n) is 7.45. The van der Waals surface area contributed by atoms with Gasteiger partial charge in [-0.1, -0.05) is 13.0 Å². The first-order valence-corrected chi connectivity index (χ1v) is 7.45. The molecule has 5 heteroatoms. The van der Waals surface area contributed by atoms with Gasteiger partial charge in [0, 0.05) is 12.3 Å². The zero-order valence-electron chi connectivity index (χ0n) is 11.9. The lowest BCUT2D eigenvalue weighted by atomic mass is 9.72. The molecule has 0 aromatic rings. The maximum absolute atomic E-state index is 11.8. The van der Waals surface area contributed by atoms with Gasteiger partial charge in [0.05, 0.1) is 18.8 Å². The van der Waals surface area contributed by atoms with Crippen LogP contribution in [0.2, 0.25) is 0 Å². The Morgan fingerprint density at radius 3 is 3.10 bits per heavy atom. The minimum Gasteiger partial charge on any atom is -0.500 e. The summed E-state index contributed by atoms with van der Waals surface area (Å²) in [6.07, 6.45) is 6.95. The number of rotatable bonds is 2. The lowest BCUT2D eigenvalue weighted by Gasteiger charge is -2.38. The minimum atomic E-state index is -0.173. The van der Waals surface area contributed by atoms with Crippen molar-refractivity contribution >= 4 is 5.97 Å². The summed E-state index contributed by atoms with van der Waals surface area (Å²) in [4.78, 5) is 11.8. The van der Waals surface area contributed by atoms with Gasteiger partial charge in [-0.05, 0) is 23.6 Å². The molecule has 5 nitrogen and oxygen atoms in total. The van der Waals surface area contributed by atoms with Crippen LogP contribution in [0.3, 0.4) is 0 Å². The highest BCUT2D eigenvalue weighted by atomic mass is 16.7. The molecule has 0 saturated carbocycles. The van der Waals surface area contributed by atoms with E-state index >= 15 is 0 Å². The molecule has 0 radical (unpaired) electrons. The molecule has 0 aromatic carbocycles. The molecule has 4 aliphatic rings. The minimum absolute atomic E-state index is 0.0113. The van der Waals surface area contributed by atoms with Gasteiger partial charge in [-0.2, -0.15) is 0 Å². The molecule has 4 atom stereocenters. The van der Waals surface area contributed by atoms with Gasteiger partial charge >= 0.3 is 5.97 Å². The van der Waals surface area contributed by atoms with Gasteiger partial charge in [0.25, 0.3) is 0 Å². The Hall–Kier alpha value is -1.75. The van der Waals surface area contributed by atoms with Crippen molar-refractivity contribution in [3.05, 3.63) is 35.3 Å². The predicted molar refractivity (Wildman–Crippen MR) is 72.8 cm³/mol. The van der Waals surface area contributed by atoms with E-state index in [2.05, 4.69) is 6.08 Å². The third-order valence-corrected chi connectivity index (χ3v) is 4.62. The van der Waals surface area contributed by atoms with Gasteiger partial charge < -0.3 is 18.9 Å². The number of hydrogen-bond acceptors (Lipinski definition) is 5. The Morgan fingerprint density at radius 1 is 1.33 bits per heavy atom. The Bertz CT molecular complexity index is 559. The molecule has 2 aliphatic heterocycles. The second kappa shape index (κ2) is 4.91. The van der Waals surface area contributed by atoms with Crippen LogP contribution in [-0.2, 0) is 23.7 Å². The van der Waals surface area contributed by atoms with Crippen molar-refractivity contribution in [3.63, 3.8) is 0 Å². The van der Waals surface area contributed by atoms with E-state index in [-0.39, 0.29) is 30.0 Å². The zero-order chi connectivity index (χ0) is 14.4. The number of carbonyl (C=O) groups is 1. The fourth-order valence-electron chi connectivity index (χ4n) is 3.52. The molecular weight excluding hydrogens is 272 g/mol. The molecule has 1 fully saturated rings. The van der Waals surface area contributed by atoms with Gasteiger partial charge in [-0.15, -0.1) is 0 Å². The summed E-state index contributed by atoms with van der Waals surface area (Å²) >= 11 is 0. The van der Waals surface area contributed by atoms with Crippen LogP contribution in [-0.4, -0.2) is 31.6 Å². The quantitative estimate of drug-likeness (QED) is 0.729. The van der Waals surface area contributed by atoms with Crippen LogP contribution in [0.1, 0.15) is 19.8 Å². The van der Waals surface area contributed by atoms with Crippen LogP contribution in [0.5, 0.6) is 0 Å². The topological polar surface area (TPSA) is 54.0 Å². The maximum atomic E-state index is 11.8. The van der Waals surface area contributed by atoms with E-state index in [0.717, 1.165) is 23.3 Å².